The zero-order valence-corrected chi connectivity index (χ0v) is 7.48. The predicted molar refractivity (Wildman–Crippen MR) is 47.3 cm³/mol. The molecule has 1 aromatic rings. The lowest BCUT2D eigenvalue weighted by atomic mass is 10.0. The number of carbonyl (C=O) groups excluding carboxylic acids is 1. The summed E-state index contributed by atoms with van der Waals surface area (Å²) in [6.45, 7) is 0.531. The number of amides is 1. The average Bonchev–Trinajstić information content (AvgIpc) is 2.48. The van der Waals surface area contributed by atoms with Crippen LogP contribution in [0.25, 0.3) is 0 Å². The normalized spacial score (nSPS) is 14.9. The quantitative estimate of drug-likeness (QED) is 0.697. The van der Waals surface area contributed by atoms with Crippen molar-refractivity contribution in [2.75, 3.05) is 6.54 Å². The van der Waals surface area contributed by atoms with Crippen LogP contribution < -0.4 is 5.32 Å². The molecule has 0 aromatic carbocycles. The fourth-order valence-electron chi connectivity index (χ4n) is 1.38. The van der Waals surface area contributed by atoms with E-state index in [1.54, 1.807) is 0 Å². The van der Waals surface area contributed by atoms with Crippen LogP contribution in [-0.4, -0.2) is 23.5 Å². The highest BCUT2D eigenvalue weighted by Crippen LogP contribution is 2.25. The molecule has 0 spiro atoms. The Morgan fingerprint density at radius 3 is 3.08 bits per heavy atom. The average molecular weight is 197 g/mol. The van der Waals surface area contributed by atoms with E-state index >= 15 is 0 Å². The number of hydrogen-bond acceptors (Lipinski definition) is 3. The lowest BCUT2D eigenvalue weighted by molar-refractivity contribution is 0.0696. The van der Waals surface area contributed by atoms with Gasteiger partial charge in [-0.1, -0.05) is 0 Å². The van der Waals surface area contributed by atoms with Gasteiger partial charge in [-0.2, -0.15) is 0 Å². The van der Waals surface area contributed by atoms with Crippen LogP contribution in [-0.2, 0) is 6.42 Å². The molecule has 2 N–H and O–H groups in total. The molecule has 0 radical (unpaired) electrons. The van der Waals surface area contributed by atoms with Gasteiger partial charge in [0.2, 0.25) is 0 Å². The van der Waals surface area contributed by atoms with Gasteiger partial charge < -0.3 is 10.4 Å². The molecule has 2 rings (SSSR count). The van der Waals surface area contributed by atoms with Crippen LogP contribution in [0.3, 0.4) is 0 Å². The van der Waals surface area contributed by atoms with Crippen molar-refractivity contribution in [3.8, 4) is 0 Å². The first kappa shape index (κ1) is 8.25. The Bertz CT molecular complexity index is 369. The third-order valence-electron chi connectivity index (χ3n) is 1.99. The summed E-state index contributed by atoms with van der Waals surface area (Å²) < 4.78 is 0. The molecule has 0 aliphatic carbocycles. The van der Waals surface area contributed by atoms with Crippen molar-refractivity contribution in [1.29, 1.82) is 0 Å². The fraction of sp³-hybridized carbons (Fsp3) is 0.250. The number of carboxylic acid groups (broad SMARTS) is 1. The summed E-state index contributed by atoms with van der Waals surface area (Å²) >= 11 is 1.20. The van der Waals surface area contributed by atoms with Crippen molar-refractivity contribution in [1.82, 2.24) is 5.32 Å². The molecule has 0 bridgehead atoms. The Morgan fingerprint density at radius 2 is 2.38 bits per heavy atom. The minimum Gasteiger partial charge on any atom is -0.478 e. The number of carboxylic acids is 1. The maximum absolute atomic E-state index is 11.2. The van der Waals surface area contributed by atoms with E-state index in [9.17, 15) is 9.59 Å². The summed E-state index contributed by atoms with van der Waals surface area (Å²) in [6.07, 6.45) is 0.617. The molecule has 68 valence electrons. The van der Waals surface area contributed by atoms with Crippen LogP contribution in [0.15, 0.2) is 5.38 Å². The highest BCUT2D eigenvalue weighted by atomic mass is 32.1. The maximum atomic E-state index is 11.2. The van der Waals surface area contributed by atoms with E-state index < -0.39 is 5.97 Å². The lowest BCUT2D eigenvalue weighted by Crippen LogP contribution is -2.31. The van der Waals surface area contributed by atoms with Crippen LogP contribution >= 0.6 is 11.3 Å². The van der Waals surface area contributed by atoms with Crippen LogP contribution in [0.4, 0.5) is 0 Å². The lowest BCUT2D eigenvalue weighted by Gasteiger charge is -2.12. The maximum Gasteiger partial charge on any atom is 0.336 e. The second kappa shape index (κ2) is 2.85. The number of hydrogen-bond donors (Lipinski definition) is 2. The topological polar surface area (TPSA) is 66.4 Å². The Kier molecular flexibility index (Phi) is 1.81. The molecule has 0 unspecified atom stereocenters. The van der Waals surface area contributed by atoms with E-state index in [2.05, 4.69) is 5.32 Å². The Hall–Kier alpha value is -1.36. The fourth-order valence-corrected chi connectivity index (χ4v) is 2.39. The van der Waals surface area contributed by atoms with Crippen molar-refractivity contribution >= 4 is 23.2 Å². The van der Waals surface area contributed by atoms with Crippen LogP contribution in [0.1, 0.15) is 25.6 Å². The summed E-state index contributed by atoms with van der Waals surface area (Å²) in [4.78, 5) is 22.5. The Labute approximate surface area is 78.2 Å². The molecule has 4 nitrogen and oxygen atoms in total. The van der Waals surface area contributed by atoms with E-state index in [0.717, 1.165) is 0 Å². The van der Waals surface area contributed by atoms with Crippen molar-refractivity contribution in [3.63, 3.8) is 0 Å². The van der Waals surface area contributed by atoms with Gasteiger partial charge in [0.1, 0.15) is 0 Å². The SMILES string of the molecule is O=C(O)c1csc2c1CCNC2=O. The molecular formula is C8H7NO3S. The van der Waals surface area contributed by atoms with Crippen molar-refractivity contribution in [3.05, 3.63) is 21.4 Å². The smallest absolute Gasteiger partial charge is 0.336 e. The molecule has 13 heavy (non-hydrogen) atoms. The molecule has 0 fully saturated rings. The molecule has 5 heteroatoms. The number of rotatable bonds is 1. The van der Waals surface area contributed by atoms with Crippen LogP contribution in [0, 0.1) is 0 Å². The number of aromatic carboxylic acids is 1. The second-order valence-corrected chi connectivity index (χ2v) is 3.65. The van der Waals surface area contributed by atoms with Gasteiger partial charge in [0.05, 0.1) is 10.4 Å². The minimum atomic E-state index is -0.952. The van der Waals surface area contributed by atoms with Gasteiger partial charge in [-0.15, -0.1) is 11.3 Å². The first-order chi connectivity index (χ1) is 6.20. The first-order valence-corrected chi connectivity index (χ1v) is 4.70. The Balaban J connectivity index is 2.53. The van der Waals surface area contributed by atoms with E-state index in [1.807, 2.05) is 0 Å². The third kappa shape index (κ3) is 1.21. The molecule has 1 aliphatic heterocycles. The summed E-state index contributed by atoms with van der Waals surface area (Å²) in [5.41, 5.74) is 0.955. The van der Waals surface area contributed by atoms with E-state index in [4.69, 9.17) is 5.11 Å². The van der Waals surface area contributed by atoms with Crippen molar-refractivity contribution < 1.29 is 14.7 Å². The Morgan fingerprint density at radius 1 is 1.62 bits per heavy atom. The summed E-state index contributed by atoms with van der Waals surface area (Å²) in [5.74, 6) is -1.11. The van der Waals surface area contributed by atoms with E-state index in [0.29, 0.717) is 23.4 Å². The molecule has 0 saturated heterocycles. The van der Waals surface area contributed by atoms with Crippen molar-refractivity contribution in [2.45, 2.75) is 6.42 Å². The molecule has 0 atom stereocenters. The van der Waals surface area contributed by atoms with Crippen LogP contribution in [0.2, 0.25) is 0 Å². The highest BCUT2D eigenvalue weighted by Gasteiger charge is 2.24. The minimum absolute atomic E-state index is 0.154. The number of nitrogens with one attached hydrogen (secondary N) is 1. The second-order valence-electron chi connectivity index (χ2n) is 2.77. The van der Waals surface area contributed by atoms with Crippen molar-refractivity contribution in [2.24, 2.45) is 0 Å². The third-order valence-corrected chi connectivity index (χ3v) is 3.01. The first-order valence-electron chi connectivity index (χ1n) is 3.82. The number of thiophene rings is 1. The molecule has 0 saturated carbocycles. The number of carbonyl (C=O) groups is 2. The molecule has 1 aliphatic rings. The predicted octanol–water partition coefficient (Wildman–Crippen LogP) is 0.732. The summed E-state index contributed by atoms with van der Waals surface area (Å²) in [7, 11) is 0. The zero-order chi connectivity index (χ0) is 9.42. The summed E-state index contributed by atoms with van der Waals surface area (Å²) in [6, 6.07) is 0. The van der Waals surface area contributed by atoms with Gasteiger partial charge in [0.15, 0.2) is 0 Å². The number of fused-ring (bicyclic) bond motifs is 1. The largest absolute Gasteiger partial charge is 0.478 e. The van der Waals surface area contributed by atoms with Gasteiger partial charge >= 0.3 is 5.97 Å². The zero-order valence-electron chi connectivity index (χ0n) is 6.66. The monoisotopic (exact) mass is 197 g/mol. The standard InChI is InChI=1S/C8H7NO3S/c10-7-6-4(1-2-9-7)5(3-13-6)8(11)12/h3H,1-2H2,(H,9,10)(H,11,12). The summed E-state index contributed by atoms with van der Waals surface area (Å²) in [5, 5.41) is 13.0. The van der Waals surface area contributed by atoms with Gasteiger partial charge in [0.25, 0.3) is 5.91 Å². The molecule has 2 heterocycles. The molecule has 1 amide bonds. The molecule has 1 aromatic heterocycles. The van der Waals surface area contributed by atoms with Gasteiger partial charge in [0, 0.05) is 11.9 Å². The van der Waals surface area contributed by atoms with Gasteiger partial charge in [-0.25, -0.2) is 4.79 Å². The van der Waals surface area contributed by atoms with Gasteiger partial charge in [-0.3, -0.25) is 4.79 Å². The van der Waals surface area contributed by atoms with Gasteiger partial charge in [-0.05, 0) is 12.0 Å². The van der Waals surface area contributed by atoms with Crippen LogP contribution in [0.5, 0.6) is 0 Å². The molecular weight excluding hydrogens is 190 g/mol. The van der Waals surface area contributed by atoms with E-state index in [-0.39, 0.29) is 11.5 Å². The van der Waals surface area contributed by atoms with E-state index in [1.165, 1.54) is 16.7 Å². The highest BCUT2D eigenvalue weighted by molar-refractivity contribution is 7.12.